The van der Waals surface area contributed by atoms with Gasteiger partial charge in [-0.05, 0) is 43.5 Å². The van der Waals surface area contributed by atoms with Crippen LogP contribution in [0.25, 0.3) is 0 Å². The van der Waals surface area contributed by atoms with Crippen LogP contribution in [0.1, 0.15) is 35.5 Å². The summed E-state index contributed by atoms with van der Waals surface area (Å²) in [7, 11) is 0. The van der Waals surface area contributed by atoms with Crippen molar-refractivity contribution >= 4 is 5.91 Å². The summed E-state index contributed by atoms with van der Waals surface area (Å²) in [5, 5.41) is 0. The normalized spacial score (nSPS) is 25.7. The number of pyridine rings is 1. The summed E-state index contributed by atoms with van der Waals surface area (Å²) in [5.74, 6) is 0.341. The standard InChI is InChI=1S/C20H24N2O4/c23-19(17-6-3-11-25-17)22-10-7-18-20(14-22,8-4-12-26-18)15-24-13-16-5-1-2-9-21-16/h1-3,5-6,9,11,18H,4,7-8,10,12-15H2/t18-,20-/m0/s1. The molecule has 0 N–H and O–H groups in total. The van der Waals surface area contributed by atoms with Gasteiger partial charge < -0.3 is 18.8 Å². The van der Waals surface area contributed by atoms with E-state index in [1.807, 2.05) is 23.1 Å². The van der Waals surface area contributed by atoms with Crippen molar-refractivity contribution in [2.45, 2.75) is 32.0 Å². The van der Waals surface area contributed by atoms with Crippen LogP contribution in [0.5, 0.6) is 0 Å². The predicted molar refractivity (Wildman–Crippen MR) is 94.5 cm³/mol. The number of carbonyl (C=O) groups is 1. The molecule has 6 heteroatoms. The molecule has 0 bridgehead atoms. The number of likely N-dealkylation sites (tertiary alicyclic amines) is 1. The number of furan rings is 1. The quantitative estimate of drug-likeness (QED) is 0.824. The Morgan fingerprint density at radius 1 is 1.35 bits per heavy atom. The molecule has 2 aliphatic rings. The van der Waals surface area contributed by atoms with E-state index in [0.717, 1.165) is 31.6 Å². The second-order valence-corrected chi connectivity index (χ2v) is 7.13. The lowest BCUT2D eigenvalue weighted by atomic mass is 9.73. The molecule has 0 aromatic carbocycles. The summed E-state index contributed by atoms with van der Waals surface area (Å²) in [6, 6.07) is 9.28. The molecule has 2 aromatic rings. The highest BCUT2D eigenvalue weighted by Crippen LogP contribution is 2.41. The Kier molecular flexibility index (Phi) is 5.04. The maximum atomic E-state index is 12.7. The number of rotatable bonds is 5. The van der Waals surface area contributed by atoms with Crippen molar-refractivity contribution in [3.63, 3.8) is 0 Å². The Morgan fingerprint density at radius 2 is 2.31 bits per heavy atom. The molecule has 2 saturated heterocycles. The average molecular weight is 356 g/mol. The van der Waals surface area contributed by atoms with Crippen molar-refractivity contribution in [3.8, 4) is 0 Å². The number of carbonyl (C=O) groups excluding carboxylic acids is 1. The Balaban J connectivity index is 1.45. The third kappa shape index (κ3) is 3.52. The molecule has 26 heavy (non-hydrogen) atoms. The van der Waals surface area contributed by atoms with Crippen molar-refractivity contribution in [1.29, 1.82) is 0 Å². The SMILES string of the molecule is O=C(c1ccco1)N1CC[C@@H]2OCCC[C@@]2(COCc2ccccn2)C1. The van der Waals surface area contributed by atoms with Gasteiger partial charge >= 0.3 is 0 Å². The molecule has 0 radical (unpaired) electrons. The number of amides is 1. The Hall–Kier alpha value is -2.18. The van der Waals surface area contributed by atoms with E-state index in [4.69, 9.17) is 13.9 Å². The zero-order valence-corrected chi connectivity index (χ0v) is 14.8. The highest BCUT2D eigenvalue weighted by Gasteiger charge is 2.47. The molecule has 0 spiro atoms. The average Bonchev–Trinajstić information content (AvgIpc) is 3.22. The van der Waals surface area contributed by atoms with Gasteiger partial charge in [0.25, 0.3) is 5.91 Å². The van der Waals surface area contributed by atoms with E-state index in [1.165, 1.54) is 6.26 Å². The highest BCUT2D eigenvalue weighted by atomic mass is 16.5. The van der Waals surface area contributed by atoms with Gasteiger partial charge in [0.2, 0.25) is 0 Å². The van der Waals surface area contributed by atoms with Crippen molar-refractivity contribution in [1.82, 2.24) is 9.88 Å². The molecule has 138 valence electrons. The summed E-state index contributed by atoms with van der Waals surface area (Å²) in [5.41, 5.74) is 0.754. The number of hydrogen-bond donors (Lipinski definition) is 0. The van der Waals surface area contributed by atoms with Crippen molar-refractivity contribution in [2.24, 2.45) is 5.41 Å². The van der Waals surface area contributed by atoms with E-state index >= 15 is 0 Å². The summed E-state index contributed by atoms with van der Waals surface area (Å²) in [6.07, 6.45) is 6.28. The predicted octanol–water partition coefficient (Wildman–Crippen LogP) is 2.90. The first-order valence-corrected chi connectivity index (χ1v) is 9.19. The van der Waals surface area contributed by atoms with Gasteiger partial charge in [0.15, 0.2) is 5.76 Å². The molecule has 2 aliphatic heterocycles. The van der Waals surface area contributed by atoms with Crippen LogP contribution in [0.4, 0.5) is 0 Å². The molecule has 4 heterocycles. The maximum absolute atomic E-state index is 12.7. The van der Waals surface area contributed by atoms with Crippen LogP contribution in [0, 0.1) is 5.41 Å². The fourth-order valence-electron chi connectivity index (χ4n) is 4.07. The number of nitrogens with zero attached hydrogens (tertiary/aromatic N) is 2. The largest absolute Gasteiger partial charge is 0.459 e. The summed E-state index contributed by atoms with van der Waals surface area (Å²) < 4.78 is 17.4. The van der Waals surface area contributed by atoms with Crippen LogP contribution in [0.15, 0.2) is 47.2 Å². The van der Waals surface area contributed by atoms with Crippen LogP contribution >= 0.6 is 0 Å². The van der Waals surface area contributed by atoms with Crippen molar-refractivity contribution in [3.05, 3.63) is 54.2 Å². The first kappa shape index (κ1) is 17.2. The highest BCUT2D eigenvalue weighted by molar-refractivity contribution is 5.91. The van der Waals surface area contributed by atoms with Crippen LogP contribution in [-0.2, 0) is 16.1 Å². The van der Waals surface area contributed by atoms with E-state index in [0.29, 0.717) is 32.1 Å². The minimum Gasteiger partial charge on any atom is -0.459 e. The Labute approximate surface area is 153 Å². The van der Waals surface area contributed by atoms with Crippen LogP contribution < -0.4 is 0 Å². The van der Waals surface area contributed by atoms with Gasteiger partial charge in [0.1, 0.15) is 0 Å². The smallest absolute Gasteiger partial charge is 0.289 e. The minimum atomic E-state index is -0.159. The van der Waals surface area contributed by atoms with E-state index in [1.54, 1.807) is 18.3 Å². The Bertz CT molecular complexity index is 719. The second-order valence-electron chi connectivity index (χ2n) is 7.13. The molecule has 2 atom stereocenters. The van der Waals surface area contributed by atoms with Gasteiger partial charge in [-0.25, -0.2) is 0 Å². The molecule has 0 unspecified atom stereocenters. The van der Waals surface area contributed by atoms with Crippen LogP contribution in [-0.4, -0.2) is 48.2 Å². The fraction of sp³-hybridized carbons (Fsp3) is 0.500. The van der Waals surface area contributed by atoms with Gasteiger partial charge in [0, 0.05) is 31.3 Å². The fourth-order valence-corrected chi connectivity index (χ4v) is 4.07. The van der Waals surface area contributed by atoms with E-state index < -0.39 is 0 Å². The number of piperidine rings is 1. The van der Waals surface area contributed by atoms with Gasteiger partial charge in [-0.3, -0.25) is 9.78 Å². The zero-order valence-electron chi connectivity index (χ0n) is 14.8. The molecule has 0 saturated carbocycles. The zero-order chi connectivity index (χ0) is 17.8. The lowest BCUT2D eigenvalue weighted by molar-refractivity contribution is -0.149. The molecule has 2 aromatic heterocycles. The molecule has 6 nitrogen and oxygen atoms in total. The molecule has 2 fully saturated rings. The monoisotopic (exact) mass is 356 g/mol. The number of hydrogen-bond acceptors (Lipinski definition) is 5. The van der Waals surface area contributed by atoms with Crippen LogP contribution in [0.2, 0.25) is 0 Å². The molecule has 4 rings (SSSR count). The second kappa shape index (κ2) is 7.60. The van der Waals surface area contributed by atoms with Gasteiger partial charge in [-0.1, -0.05) is 6.07 Å². The molecule has 0 aliphatic carbocycles. The topological polar surface area (TPSA) is 64.8 Å². The number of fused-ring (bicyclic) bond motifs is 1. The third-order valence-electron chi connectivity index (χ3n) is 5.37. The lowest BCUT2D eigenvalue weighted by Crippen LogP contribution is -2.58. The first-order valence-electron chi connectivity index (χ1n) is 9.19. The molecular weight excluding hydrogens is 332 g/mol. The van der Waals surface area contributed by atoms with Crippen molar-refractivity contribution in [2.75, 3.05) is 26.3 Å². The van der Waals surface area contributed by atoms with Gasteiger partial charge in [-0.2, -0.15) is 0 Å². The molecule has 1 amide bonds. The van der Waals surface area contributed by atoms with E-state index in [9.17, 15) is 4.79 Å². The number of aromatic nitrogens is 1. The third-order valence-corrected chi connectivity index (χ3v) is 5.37. The van der Waals surface area contributed by atoms with Crippen LogP contribution in [0.3, 0.4) is 0 Å². The maximum Gasteiger partial charge on any atom is 0.289 e. The van der Waals surface area contributed by atoms with Gasteiger partial charge in [0.05, 0.1) is 31.3 Å². The summed E-state index contributed by atoms with van der Waals surface area (Å²) in [6.45, 7) is 3.15. The molecular formula is C20H24N2O4. The number of ether oxygens (including phenoxy) is 2. The van der Waals surface area contributed by atoms with E-state index in [2.05, 4.69) is 4.98 Å². The van der Waals surface area contributed by atoms with Gasteiger partial charge in [-0.15, -0.1) is 0 Å². The minimum absolute atomic E-state index is 0.0527. The Morgan fingerprint density at radius 3 is 3.12 bits per heavy atom. The lowest BCUT2D eigenvalue weighted by Gasteiger charge is -2.50. The summed E-state index contributed by atoms with van der Waals surface area (Å²) in [4.78, 5) is 18.9. The first-order chi connectivity index (χ1) is 12.8. The summed E-state index contributed by atoms with van der Waals surface area (Å²) >= 11 is 0. The van der Waals surface area contributed by atoms with Crippen molar-refractivity contribution < 1.29 is 18.7 Å². The van der Waals surface area contributed by atoms with E-state index in [-0.39, 0.29) is 17.4 Å².